The number of likely N-dealkylation sites (tertiary alicyclic amines) is 1. The van der Waals surface area contributed by atoms with Gasteiger partial charge >= 0.3 is 5.97 Å². The van der Waals surface area contributed by atoms with E-state index in [9.17, 15) is 9.59 Å². The molecule has 0 radical (unpaired) electrons. The Balaban J connectivity index is 1.52. The van der Waals surface area contributed by atoms with Crippen LogP contribution in [0.4, 0.5) is 0 Å². The summed E-state index contributed by atoms with van der Waals surface area (Å²) in [5.41, 5.74) is 2.72. The lowest BCUT2D eigenvalue weighted by Crippen LogP contribution is -2.39. The molecule has 144 valence electrons. The second kappa shape index (κ2) is 8.37. The van der Waals surface area contributed by atoms with Crippen LogP contribution in [-0.2, 0) is 11.2 Å². The molecule has 2 heterocycles. The maximum Gasteiger partial charge on any atom is 0.338 e. The van der Waals surface area contributed by atoms with Crippen molar-refractivity contribution in [2.45, 2.75) is 51.5 Å². The molecule has 2 aromatic rings. The molecular weight excluding hydrogens is 342 g/mol. The zero-order valence-corrected chi connectivity index (χ0v) is 16.0. The van der Waals surface area contributed by atoms with Crippen LogP contribution in [0, 0.1) is 0 Å². The minimum absolute atomic E-state index is 0.154. The Bertz CT molecular complexity index is 789. The molecule has 1 aliphatic rings. The number of carboxylic acid groups (broad SMARTS) is 1. The van der Waals surface area contributed by atoms with Gasteiger partial charge in [-0.3, -0.25) is 9.48 Å². The van der Waals surface area contributed by atoms with Crippen molar-refractivity contribution in [2.75, 3.05) is 13.1 Å². The Hall–Kier alpha value is -2.63. The molecule has 0 bridgehead atoms. The van der Waals surface area contributed by atoms with Gasteiger partial charge in [0.2, 0.25) is 5.91 Å². The van der Waals surface area contributed by atoms with Crippen molar-refractivity contribution in [3.8, 4) is 0 Å². The van der Waals surface area contributed by atoms with E-state index in [-0.39, 0.29) is 23.4 Å². The Morgan fingerprint density at radius 3 is 2.44 bits per heavy atom. The van der Waals surface area contributed by atoms with Gasteiger partial charge in [0.1, 0.15) is 0 Å². The van der Waals surface area contributed by atoms with Crippen molar-refractivity contribution in [3.05, 3.63) is 53.3 Å². The summed E-state index contributed by atoms with van der Waals surface area (Å²) in [5, 5.41) is 13.2. The number of rotatable bonds is 6. The zero-order chi connectivity index (χ0) is 19.4. The Morgan fingerprint density at radius 1 is 1.22 bits per heavy atom. The highest BCUT2D eigenvalue weighted by Gasteiger charge is 2.25. The molecule has 1 aromatic carbocycles. The molecule has 0 aliphatic carbocycles. The lowest BCUT2D eigenvalue weighted by molar-refractivity contribution is -0.132. The summed E-state index contributed by atoms with van der Waals surface area (Å²) < 4.78 is 1.73. The number of hydrogen-bond donors (Lipinski definition) is 1. The van der Waals surface area contributed by atoms with Crippen LogP contribution in [0.1, 0.15) is 66.6 Å². The van der Waals surface area contributed by atoms with Crippen LogP contribution in [0.2, 0.25) is 0 Å². The summed E-state index contributed by atoms with van der Waals surface area (Å²) in [6.07, 6.45) is 6.09. The van der Waals surface area contributed by atoms with E-state index >= 15 is 0 Å². The van der Waals surface area contributed by atoms with Crippen LogP contribution in [-0.4, -0.2) is 44.8 Å². The van der Waals surface area contributed by atoms with E-state index < -0.39 is 5.97 Å². The van der Waals surface area contributed by atoms with Crippen molar-refractivity contribution in [3.63, 3.8) is 0 Å². The van der Waals surface area contributed by atoms with Crippen molar-refractivity contribution in [1.82, 2.24) is 14.7 Å². The van der Waals surface area contributed by atoms with E-state index in [0.717, 1.165) is 19.3 Å². The summed E-state index contributed by atoms with van der Waals surface area (Å²) in [6, 6.07) is 8.68. The molecule has 1 unspecified atom stereocenters. The van der Waals surface area contributed by atoms with Gasteiger partial charge in [-0.15, -0.1) is 0 Å². The average Bonchev–Trinajstić information content (AvgIpc) is 3.18. The van der Waals surface area contributed by atoms with Crippen LogP contribution < -0.4 is 0 Å². The molecule has 3 rings (SSSR count). The standard InChI is InChI=1S/C21H27N3O3/c1-3-16-4-6-17(7-5-16)15(2)12-20(25)23-10-8-19(9-11-23)24-14-18(13-22-24)21(26)27/h4-7,13-15,19H,3,8-12H2,1-2H3,(H,26,27). The Morgan fingerprint density at radius 2 is 1.89 bits per heavy atom. The van der Waals surface area contributed by atoms with E-state index in [0.29, 0.717) is 19.5 Å². The lowest BCUT2D eigenvalue weighted by atomic mass is 9.95. The van der Waals surface area contributed by atoms with Gasteiger partial charge in [-0.05, 0) is 36.3 Å². The number of benzene rings is 1. The summed E-state index contributed by atoms with van der Waals surface area (Å²) in [7, 11) is 0. The van der Waals surface area contributed by atoms with Crippen molar-refractivity contribution >= 4 is 11.9 Å². The van der Waals surface area contributed by atoms with Gasteiger partial charge in [-0.25, -0.2) is 4.79 Å². The topological polar surface area (TPSA) is 75.4 Å². The van der Waals surface area contributed by atoms with E-state index in [1.165, 1.54) is 17.3 Å². The van der Waals surface area contributed by atoms with Gasteiger partial charge in [0, 0.05) is 25.7 Å². The first kappa shape index (κ1) is 19.1. The molecule has 1 aromatic heterocycles. The third kappa shape index (κ3) is 4.56. The number of aromatic nitrogens is 2. The second-order valence-corrected chi connectivity index (χ2v) is 7.33. The highest BCUT2D eigenvalue weighted by Crippen LogP contribution is 2.25. The van der Waals surface area contributed by atoms with Gasteiger partial charge in [0.25, 0.3) is 0 Å². The van der Waals surface area contributed by atoms with Gasteiger partial charge in [-0.1, -0.05) is 38.1 Å². The molecule has 1 aliphatic heterocycles. The number of carbonyl (C=O) groups is 2. The molecular formula is C21H27N3O3. The number of aromatic carboxylic acids is 1. The SMILES string of the molecule is CCc1ccc(C(C)CC(=O)N2CCC(n3cc(C(=O)O)cn3)CC2)cc1. The maximum absolute atomic E-state index is 12.7. The minimum Gasteiger partial charge on any atom is -0.478 e. The molecule has 0 spiro atoms. The number of amides is 1. The second-order valence-electron chi connectivity index (χ2n) is 7.33. The van der Waals surface area contributed by atoms with E-state index in [1.807, 2.05) is 4.90 Å². The largest absolute Gasteiger partial charge is 0.478 e. The van der Waals surface area contributed by atoms with Crippen LogP contribution in [0.5, 0.6) is 0 Å². The molecule has 1 atom stereocenters. The first-order chi connectivity index (χ1) is 13.0. The summed E-state index contributed by atoms with van der Waals surface area (Å²) >= 11 is 0. The number of hydrogen-bond acceptors (Lipinski definition) is 3. The molecule has 1 amide bonds. The fourth-order valence-electron chi connectivity index (χ4n) is 3.62. The molecule has 0 saturated carbocycles. The van der Waals surface area contributed by atoms with Crippen LogP contribution >= 0.6 is 0 Å². The third-order valence-electron chi connectivity index (χ3n) is 5.48. The van der Waals surface area contributed by atoms with Crippen LogP contribution in [0.3, 0.4) is 0 Å². The van der Waals surface area contributed by atoms with Crippen LogP contribution in [0.15, 0.2) is 36.7 Å². The highest BCUT2D eigenvalue weighted by atomic mass is 16.4. The predicted molar refractivity (Wildman–Crippen MR) is 103 cm³/mol. The number of carboxylic acids is 1. The highest BCUT2D eigenvalue weighted by molar-refractivity contribution is 5.86. The maximum atomic E-state index is 12.7. The minimum atomic E-state index is -0.963. The third-order valence-corrected chi connectivity index (χ3v) is 5.48. The summed E-state index contributed by atoms with van der Waals surface area (Å²) in [6.45, 7) is 5.61. The molecule has 6 heteroatoms. The number of carbonyl (C=O) groups excluding carboxylic acids is 1. The van der Waals surface area contributed by atoms with E-state index in [1.54, 1.807) is 10.9 Å². The zero-order valence-electron chi connectivity index (χ0n) is 16.0. The summed E-state index contributed by atoms with van der Waals surface area (Å²) in [5.74, 6) is -0.576. The van der Waals surface area contributed by atoms with Crippen LogP contribution in [0.25, 0.3) is 0 Å². The van der Waals surface area contributed by atoms with Gasteiger partial charge < -0.3 is 10.0 Å². The first-order valence-electron chi connectivity index (χ1n) is 9.62. The number of nitrogens with zero attached hydrogens (tertiary/aromatic N) is 3. The molecule has 1 fully saturated rings. The normalized spacial score (nSPS) is 16.3. The Labute approximate surface area is 159 Å². The average molecular weight is 369 g/mol. The van der Waals surface area contributed by atoms with Gasteiger partial charge in [-0.2, -0.15) is 5.10 Å². The van der Waals surface area contributed by atoms with E-state index in [4.69, 9.17) is 5.11 Å². The van der Waals surface area contributed by atoms with E-state index in [2.05, 4.69) is 43.2 Å². The van der Waals surface area contributed by atoms with Crippen molar-refractivity contribution in [1.29, 1.82) is 0 Å². The first-order valence-corrected chi connectivity index (χ1v) is 9.62. The Kier molecular flexibility index (Phi) is 5.94. The number of aryl methyl sites for hydroxylation is 1. The smallest absolute Gasteiger partial charge is 0.338 e. The van der Waals surface area contributed by atoms with Crippen molar-refractivity contribution in [2.24, 2.45) is 0 Å². The van der Waals surface area contributed by atoms with Gasteiger partial charge in [0.05, 0.1) is 17.8 Å². The fraction of sp³-hybridized carbons (Fsp3) is 0.476. The summed E-state index contributed by atoms with van der Waals surface area (Å²) in [4.78, 5) is 25.6. The quantitative estimate of drug-likeness (QED) is 0.845. The van der Waals surface area contributed by atoms with Crippen molar-refractivity contribution < 1.29 is 14.7 Å². The van der Waals surface area contributed by atoms with Gasteiger partial charge in [0.15, 0.2) is 0 Å². The molecule has 1 N–H and O–H groups in total. The molecule has 1 saturated heterocycles. The predicted octanol–water partition coefficient (Wildman–Crippen LogP) is 3.50. The molecule has 6 nitrogen and oxygen atoms in total. The lowest BCUT2D eigenvalue weighted by Gasteiger charge is -2.32. The fourth-order valence-corrected chi connectivity index (χ4v) is 3.62. The molecule has 27 heavy (non-hydrogen) atoms. The number of piperidine rings is 1. The monoisotopic (exact) mass is 369 g/mol.